The first kappa shape index (κ1) is 27.1. The summed E-state index contributed by atoms with van der Waals surface area (Å²) < 4.78 is 5.44. The molecule has 0 aromatic heterocycles. The topological polar surface area (TPSA) is 52.1 Å². The third-order valence-electron chi connectivity index (χ3n) is 5.57. The highest BCUT2D eigenvalue weighted by molar-refractivity contribution is 14.0. The largest absolute Gasteiger partial charge is 0.379 e. The number of rotatable bonds is 11. The standard InChI is InChI=1S/C23H41N5O.HI/c1-5-27(6-2)12-8-9-20(3)26-23(24-4)25-18-21-10-7-11-22(17-21)19-28-13-15-29-16-14-28;/h7,10-11,17,20H,5-6,8-9,12-16,18-19H2,1-4H3,(H2,24,25,26);1H. The molecule has 1 saturated heterocycles. The van der Waals surface area contributed by atoms with Gasteiger partial charge in [-0.2, -0.15) is 0 Å². The summed E-state index contributed by atoms with van der Waals surface area (Å²) in [6.45, 7) is 15.6. The molecule has 1 fully saturated rings. The van der Waals surface area contributed by atoms with E-state index in [0.717, 1.165) is 64.9 Å². The van der Waals surface area contributed by atoms with E-state index in [1.165, 1.54) is 24.1 Å². The van der Waals surface area contributed by atoms with Crippen LogP contribution in [0, 0.1) is 0 Å². The smallest absolute Gasteiger partial charge is 0.191 e. The van der Waals surface area contributed by atoms with Gasteiger partial charge in [-0.05, 0) is 50.5 Å². The van der Waals surface area contributed by atoms with Gasteiger partial charge >= 0.3 is 0 Å². The third kappa shape index (κ3) is 10.4. The molecule has 1 aromatic carbocycles. The van der Waals surface area contributed by atoms with Crippen LogP contribution in [0.4, 0.5) is 0 Å². The summed E-state index contributed by atoms with van der Waals surface area (Å²) in [5, 5.41) is 6.99. The van der Waals surface area contributed by atoms with E-state index in [0.29, 0.717) is 6.04 Å². The Morgan fingerprint density at radius 3 is 2.57 bits per heavy atom. The van der Waals surface area contributed by atoms with Gasteiger partial charge in [-0.25, -0.2) is 0 Å². The lowest BCUT2D eigenvalue weighted by Crippen LogP contribution is -2.42. The molecule has 0 amide bonds. The van der Waals surface area contributed by atoms with Crippen molar-refractivity contribution in [3.8, 4) is 0 Å². The van der Waals surface area contributed by atoms with Crippen LogP contribution in [0.1, 0.15) is 44.7 Å². The Kier molecular flexibility index (Phi) is 14.3. The van der Waals surface area contributed by atoms with Gasteiger partial charge in [0.05, 0.1) is 13.2 Å². The van der Waals surface area contributed by atoms with Crippen LogP contribution < -0.4 is 10.6 Å². The fourth-order valence-electron chi connectivity index (χ4n) is 3.70. The molecule has 172 valence electrons. The second-order valence-corrected chi connectivity index (χ2v) is 7.85. The Labute approximate surface area is 200 Å². The minimum absolute atomic E-state index is 0. The molecule has 2 rings (SSSR count). The SMILES string of the molecule is CCN(CC)CCCC(C)NC(=NC)NCc1cccc(CN2CCOCC2)c1.I. The average Bonchev–Trinajstić information content (AvgIpc) is 2.75. The van der Waals surface area contributed by atoms with Gasteiger partial charge in [-0.1, -0.05) is 38.1 Å². The van der Waals surface area contributed by atoms with Crippen LogP contribution in [0.5, 0.6) is 0 Å². The summed E-state index contributed by atoms with van der Waals surface area (Å²) in [6.07, 6.45) is 2.35. The number of hydrogen-bond acceptors (Lipinski definition) is 4. The number of aliphatic imine (C=N–C) groups is 1. The van der Waals surface area contributed by atoms with Crippen molar-refractivity contribution in [1.29, 1.82) is 0 Å². The number of halogens is 1. The molecule has 6 nitrogen and oxygen atoms in total. The zero-order chi connectivity index (χ0) is 20.9. The van der Waals surface area contributed by atoms with E-state index in [1.54, 1.807) is 0 Å². The molecule has 7 heteroatoms. The second kappa shape index (κ2) is 15.8. The zero-order valence-corrected chi connectivity index (χ0v) is 21.7. The van der Waals surface area contributed by atoms with Gasteiger partial charge in [-0.3, -0.25) is 9.89 Å². The van der Waals surface area contributed by atoms with Crippen molar-refractivity contribution in [3.63, 3.8) is 0 Å². The minimum Gasteiger partial charge on any atom is -0.379 e. The van der Waals surface area contributed by atoms with Gasteiger partial charge in [0.25, 0.3) is 0 Å². The van der Waals surface area contributed by atoms with Crippen LogP contribution in [0.2, 0.25) is 0 Å². The zero-order valence-electron chi connectivity index (χ0n) is 19.3. The Balaban J connectivity index is 0.00000450. The molecule has 1 atom stereocenters. The number of guanidine groups is 1. The summed E-state index contributed by atoms with van der Waals surface area (Å²) in [6, 6.07) is 9.24. The van der Waals surface area contributed by atoms with Gasteiger partial charge < -0.3 is 20.3 Å². The van der Waals surface area contributed by atoms with Gasteiger partial charge in [0, 0.05) is 39.3 Å². The Morgan fingerprint density at radius 2 is 1.90 bits per heavy atom. The summed E-state index contributed by atoms with van der Waals surface area (Å²) >= 11 is 0. The van der Waals surface area contributed by atoms with Crippen molar-refractivity contribution in [1.82, 2.24) is 20.4 Å². The van der Waals surface area contributed by atoms with Crippen molar-refractivity contribution in [2.75, 3.05) is 53.0 Å². The highest BCUT2D eigenvalue weighted by Gasteiger charge is 2.11. The highest BCUT2D eigenvalue weighted by atomic mass is 127. The number of nitrogens with zero attached hydrogens (tertiary/aromatic N) is 3. The molecule has 0 saturated carbocycles. The van der Waals surface area contributed by atoms with E-state index in [1.807, 2.05) is 7.05 Å². The summed E-state index contributed by atoms with van der Waals surface area (Å²) in [7, 11) is 1.84. The maximum absolute atomic E-state index is 5.44. The number of hydrogen-bond donors (Lipinski definition) is 2. The molecule has 1 aromatic rings. The molecule has 0 radical (unpaired) electrons. The van der Waals surface area contributed by atoms with E-state index in [-0.39, 0.29) is 24.0 Å². The monoisotopic (exact) mass is 531 g/mol. The van der Waals surface area contributed by atoms with E-state index in [2.05, 4.69) is 70.5 Å². The summed E-state index contributed by atoms with van der Waals surface area (Å²) in [5.41, 5.74) is 2.65. The van der Waals surface area contributed by atoms with Crippen molar-refractivity contribution in [3.05, 3.63) is 35.4 Å². The lowest BCUT2D eigenvalue weighted by Gasteiger charge is -2.26. The molecule has 1 aliphatic rings. The highest BCUT2D eigenvalue weighted by Crippen LogP contribution is 2.10. The van der Waals surface area contributed by atoms with Crippen LogP contribution in [-0.4, -0.2) is 74.8 Å². The number of nitrogens with one attached hydrogen (secondary N) is 2. The molecule has 0 bridgehead atoms. The first-order valence-electron chi connectivity index (χ1n) is 11.2. The van der Waals surface area contributed by atoms with Crippen LogP contribution >= 0.6 is 24.0 Å². The third-order valence-corrected chi connectivity index (χ3v) is 5.57. The first-order chi connectivity index (χ1) is 14.1. The maximum atomic E-state index is 5.44. The average molecular weight is 532 g/mol. The Bertz CT molecular complexity index is 603. The fraction of sp³-hybridized carbons (Fsp3) is 0.696. The number of morpholine rings is 1. The van der Waals surface area contributed by atoms with Gasteiger partial charge in [0.15, 0.2) is 5.96 Å². The lowest BCUT2D eigenvalue weighted by molar-refractivity contribution is 0.0342. The molecular formula is C23H42IN5O. The summed E-state index contributed by atoms with van der Waals surface area (Å²) in [4.78, 5) is 9.33. The van der Waals surface area contributed by atoms with Crippen LogP contribution in [0.15, 0.2) is 29.3 Å². The molecule has 1 unspecified atom stereocenters. The first-order valence-corrected chi connectivity index (χ1v) is 11.2. The van der Waals surface area contributed by atoms with Crippen molar-refractivity contribution in [2.45, 2.75) is 52.7 Å². The molecular weight excluding hydrogens is 489 g/mol. The summed E-state index contributed by atoms with van der Waals surface area (Å²) in [5.74, 6) is 0.874. The van der Waals surface area contributed by atoms with Crippen molar-refractivity contribution >= 4 is 29.9 Å². The molecule has 1 aliphatic heterocycles. The van der Waals surface area contributed by atoms with E-state index >= 15 is 0 Å². The molecule has 0 aliphatic carbocycles. The maximum Gasteiger partial charge on any atom is 0.191 e. The molecule has 1 heterocycles. The van der Waals surface area contributed by atoms with Gasteiger partial charge in [-0.15, -0.1) is 24.0 Å². The van der Waals surface area contributed by atoms with Crippen molar-refractivity contribution < 1.29 is 4.74 Å². The Hall–Kier alpha value is -0.900. The lowest BCUT2D eigenvalue weighted by atomic mass is 10.1. The predicted octanol–water partition coefficient (Wildman–Crippen LogP) is 3.31. The van der Waals surface area contributed by atoms with Crippen LogP contribution in [0.3, 0.4) is 0 Å². The van der Waals surface area contributed by atoms with Crippen molar-refractivity contribution in [2.24, 2.45) is 4.99 Å². The molecule has 30 heavy (non-hydrogen) atoms. The van der Waals surface area contributed by atoms with E-state index in [4.69, 9.17) is 4.74 Å². The van der Waals surface area contributed by atoms with Gasteiger partial charge in [0.1, 0.15) is 0 Å². The predicted molar refractivity (Wildman–Crippen MR) is 138 cm³/mol. The van der Waals surface area contributed by atoms with E-state index < -0.39 is 0 Å². The van der Waals surface area contributed by atoms with Gasteiger partial charge in [0.2, 0.25) is 0 Å². The number of ether oxygens (including phenoxy) is 1. The second-order valence-electron chi connectivity index (χ2n) is 7.85. The van der Waals surface area contributed by atoms with Crippen LogP contribution in [-0.2, 0) is 17.8 Å². The minimum atomic E-state index is 0. The fourth-order valence-corrected chi connectivity index (χ4v) is 3.70. The molecule has 0 spiro atoms. The van der Waals surface area contributed by atoms with Crippen LogP contribution in [0.25, 0.3) is 0 Å². The normalized spacial score (nSPS) is 16.2. The van der Waals surface area contributed by atoms with E-state index in [9.17, 15) is 0 Å². The number of benzene rings is 1. The quantitative estimate of drug-likeness (QED) is 0.261. The molecule has 2 N–H and O–H groups in total. The Morgan fingerprint density at radius 1 is 1.20 bits per heavy atom.